The topological polar surface area (TPSA) is 38.3 Å². The van der Waals surface area contributed by atoms with E-state index in [1.54, 1.807) is 0 Å². The normalized spacial score (nSPS) is 37.4. The molecule has 10 heavy (non-hydrogen) atoms. The van der Waals surface area contributed by atoms with Gasteiger partial charge in [0.2, 0.25) is 0 Å². The molecule has 1 saturated heterocycles. The number of hydrogen-bond acceptors (Lipinski definition) is 2. The summed E-state index contributed by atoms with van der Waals surface area (Å²) in [5.74, 6) is 0.0358. The van der Waals surface area contributed by atoms with Gasteiger partial charge in [0.1, 0.15) is 0 Å². The number of carbonyl (C=O) groups excluding carboxylic acids is 1. The minimum Gasteiger partial charge on any atom is -0.362 e. The van der Waals surface area contributed by atoms with Gasteiger partial charge in [-0.15, -0.1) is 0 Å². The van der Waals surface area contributed by atoms with Gasteiger partial charge in [-0.3, -0.25) is 4.79 Å². The Bertz CT molecular complexity index is 188. The molecule has 2 atom stereocenters. The largest absolute Gasteiger partial charge is 0.362 e. The van der Waals surface area contributed by atoms with Gasteiger partial charge in [0.05, 0.1) is 12.6 Å². The highest BCUT2D eigenvalue weighted by atomic mass is 16.5. The summed E-state index contributed by atoms with van der Waals surface area (Å²) >= 11 is 0. The van der Waals surface area contributed by atoms with E-state index < -0.39 is 0 Å². The fourth-order valence-electron chi connectivity index (χ4n) is 1.27. The van der Waals surface area contributed by atoms with E-state index in [9.17, 15) is 4.79 Å². The van der Waals surface area contributed by atoms with Gasteiger partial charge in [-0.2, -0.15) is 0 Å². The molecule has 0 spiro atoms. The van der Waals surface area contributed by atoms with Crippen LogP contribution in [0.5, 0.6) is 0 Å². The molecule has 0 saturated carbocycles. The maximum Gasteiger partial charge on any atom is 0.251 e. The summed E-state index contributed by atoms with van der Waals surface area (Å²) in [7, 11) is 0. The van der Waals surface area contributed by atoms with Crippen LogP contribution in [0.1, 0.15) is 6.42 Å². The summed E-state index contributed by atoms with van der Waals surface area (Å²) in [6, 6.07) is 0.242. The number of carbonyl (C=O) groups is 1. The number of β-lactam (4-membered cyclic amide) rings is 1. The molecule has 0 aromatic rings. The fraction of sp³-hybridized carbons (Fsp3) is 0.571. The summed E-state index contributed by atoms with van der Waals surface area (Å²) in [5, 5.41) is 2.77. The lowest BCUT2D eigenvalue weighted by Crippen LogP contribution is -2.62. The van der Waals surface area contributed by atoms with E-state index in [0.717, 1.165) is 6.42 Å². The summed E-state index contributed by atoms with van der Waals surface area (Å²) in [5.41, 5.74) is 0. The first-order valence-corrected chi connectivity index (χ1v) is 3.45. The van der Waals surface area contributed by atoms with Crippen LogP contribution in [0.25, 0.3) is 0 Å². The van der Waals surface area contributed by atoms with E-state index in [4.69, 9.17) is 4.74 Å². The lowest BCUT2D eigenvalue weighted by atomic mass is 9.99. The Labute approximate surface area is 59.1 Å². The number of amides is 1. The average molecular weight is 139 g/mol. The van der Waals surface area contributed by atoms with Crippen LogP contribution in [0.2, 0.25) is 0 Å². The van der Waals surface area contributed by atoms with Crippen LogP contribution in [-0.2, 0) is 9.53 Å². The molecule has 0 bridgehead atoms. The molecule has 2 aliphatic heterocycles. The molecule has 0 radical (unpaired) electrons. The molecule has 0 aromatic carbocycles. The molecule has 2 heterocycles. The molecule has 0 aliphatic carbocycles. The smallest absolute Gasteiger partial charge is 0.251 e. The summed E-state index contributed by atoms with van der Waals surface area (Å²) < 4.78 is 5.22. The summed E-state index contributed by atoms with van der Waals surface area (Å²) in [6.45, 7) is 0.578. The minimum atomic E-state index is -0.171. The number of ether oxygens (including phenoxy) is 1. The van der Waals surface area contributed by atoms with Crippen LogP contribution >= 0.6 is 0 Å². The van der Waals surface area contributed by atoms with Gasteiger partial charge in [-0.05, 0) is 6.42 Å². The standard InChI is InChI=1S/C7H9NO2/c9-7-6-5(8-7)3-1-2-4-10-6/h1-2,5-6H,3-4H2,(H,8,9). The van der Waals surface area contributed by atoms with Gasteiger partial charge < -0.3 is 10.1 Å². The Morgan fingerprint density at radius 3 is 3.30 bits per heavy atom. The number of fused-ring (bicyclic) bond motifs is 1. The van der Waals surface area contributed by atoms with Crippen LogP contribution < -0.4 is 5.32 Å². The van der Waals surface area contributed by atoms with Gasteiger partial charge in [0, 0.05) is 0 Å². The van der Waals surface area contributed by atoms with Crippen molar-refractivity contribution < 1.29 is 9.53 Å². The molecule has 54 valence electrons. The third-order valence-electron chi connectivity index (χ3n) is 1.88. The maximum absolute atomic E-state index is 10.8. The molecule has 1 N–H and O–H groups in total. The molecule has 0 aromatic heterocycles. The molecule has 2 unspecified atom stereocenters. The predicted octanol–water partition coefficient (Wildman–Crippen LogP) is -0.170. The third-order valence-corrected chi connectivity index (χ3v) is 1.88. The lowest BCUT2D eigenvalue weighted by Gasteiger charge is -2.34. The highest BCUT2D eigenvalue weighted by molar-refractivity contribution is 5.88. The molecular weight excluding hydrogens is 130 g/mol. The lowest BCUT2D eigenvalue weighted by molar-refractivity contribution is -0.146. The molecule has 2 rings (SSSR count). The third kappa shape index (κ3) is 0.743. The van der Waals surface area contributed by atoms with Crippen molar-refractivity contribution in [3.8, 4) is 0 Å². The maximum atomic E-state index is 10.8. The Hall–Kier alpha value is -0.830. The van der Waals surface area contributed by atoms with Crippen molar-refractivity contribution in [3.05, 3.63) is 12.2 Å². The number of nitrogens with one attached hydrogen (secondary N) is 1. The zero-order chi connectivity index (χ0) is 6.97. The van der Waals surface area contributed by atoms with E-state index in [0.29, 0.717) is 6.61 Å². The zero-order valence-electron chi connectivity index (χ0n) is 5.54. The van der Waals surface area contributed by atoms with Crippen molar-refractivity contribution >= 4 is 5.91 Å². The van der Waals surface area contributed by atoms with Gasteiger partial charge in [0.25, 0.3) is 5.91 Å². The second kappa shape index (κ2) is 2.09. The van der Waals surface area contributed by atoms with E-state index in [1.165, 1.54) is 0 Å². The molecular formula is C7H9NO2. The van der Waals surface area contributed by atoms with E-state index >= 15 is 0 Å². The van der Waals surface area contributed by atoms with Gasteiger partial charge in [0.15, 0.2) is 6.10 Å². The number of hydrogen-bond donors (Lipinski definition) is 1. The molecule has 2 aliphatic rings. The monoisotopic (exact) mass is 139 g/mol. The van der Waals surface area contributed by atoms with Crippen LogP contribution in [0, 0.1) is 0 Å². The second-order valence-corrected chi connectivity index (χ2v) is 2.58. The average Bonchev–Trinajstić information content (AvgIpc) is 2.09. The van der Waals surface area contributed by atoms with Gasteiger partial charge in [-0.25, -0.2) is 0 Å². The molecule has 1 amide bonds. The Morgan fingerprint density at radius 1 is 1.60 bits per heavy atom. The Kier molecular flexibility index (Phi) is 1.24. The molecule has 1 fully saturated rings. The van der Waals surface area contributed by atoms with Crippen molar-refractivity contribution in [2.24, 2.45) is 0 Å². The Balaban J connectivity index is 2.05. The van der Waals surface area contributed by atoms with Crippen LogP contribution in [-0.4, -0.2) is 24.7 Å². The summed E-state index contributed by atoms with van der Waals surface area (Å²) in [6.07, 6.45) is 4.74. The summed E-state index contributed by atoms with van der Waals surface area (Å²) in [4.78, 5) is 10.8. The molecule has 3 nitrogen and oxygen atoms in total. The zero-order valence-corrected chi connectivity index (χ0v) is 5.54. The van der Waals surface area contributed by atoms with Crippen molar-refractivity contribution in [2.75, 3.05) is 6.61 Å². The minimum absolute atomic E-state index is 0.0358. The second-order valence-electron chi connectivity index (χ2n) is 2.58. The first kappa shape index (κ1) is 5.92. The first-order valence-electron chi connectivity index (χ1n) is 3.45. The highest BCUT2D eigenvalue weighted by Gasteiger charge is 2.39. The van der Waals surface area contributed by atoms with Crippen molar-refractivity contribution in [2.45, 2.75) is 18.6 Å². The van der Waals surface area contributed by atoms with E-state index in [2.05, 4.69) is 5.32 Å². The Morgan fingerprint density at radius 2 is 2.50 bits per heavy atom. The van der Waals surface area contributed by atoms with Crippen LogP contribution in [0.15, 0.2) is 12.2 Å². The fourth-order valence-corrected chi connectivity index (χ4v) is 1.27. The first-order chi connectivity index (χ1) is 4.88. The van der Waals surface area contributed by atoms with Crippen LogP contribution in [0.3, 0.4) is 0 Å². The molecule has 3 heteroatoms. The van der Waals surface area contributed by atoms with E-state index in [1.807, 2.05) is 12.2 Å². The van der Waals surface area contributed by atoms with Gasteiger partial charge >= 0.3 is 0 Å². The highest BCUT2D eigenvalue weighted by Crippen LogP contribution is 2.16. The van der Waals surface area contributed by atoms with Gasteiger partial charge in [-0.1, -0.05) is 12.2 Å². The van der Waals surface area contributed by atoms with Crippen LogP contribution in [0.4, 0.5) is 0 Å². The van der Waals surface area contributed by atoms with E-state index in [-0.39, 0.29) is 18.1 Å². The van der Waals surface area contributed by atoms with Crippen molar-refractivity contribution in [1.82, 2.24) is 5.32 Å². The number of rotatable bonds is 0. The van der Waals surface area contributed by atoms with Crippen molar-refractivity contribution in [3.63, 3.8) is 0 Å². The SMILES string of the molecule is O=C1NC2CC=CCOC12. The quantitative estimate of drug-likeness (QED) is 0.374. The predicted molar refractivity (Wildman–Crippen MR) is 35.4 cm³/mol. The van der Waals surface area contributed by atoms with Crippen molar-refractivity contribution in [1.29, 1.82) is 0 Å².